The average Bonchev–Trinajstić information content (AvgIpc) is 2.40. The zero-order valence-electron chi connectivity index (χ0n) is 13.1. The molecule has 0 aliphatic heterocycles. The smallest absolute Gasteiger partial charge is 0.264 e. The van der Waals surface area contributed by atoms with Crippen LogP contribution in [0.25, 0.3) is 0 Å². The monoisotopic (exact) mass is 314 g/mol. The maximum atomic E-state index is 10.1. The first kappa shape index (κ1) is 19.8. The number of hydrogen-bond donors (Lipinski definition) is 1. The van der Waals surface area contributed by atoms with Gasteiger partial charge in [0.1, 0.15) is 0 Å². The topological polar surface area (TPSA) is 63.6 Å². The largest absolute Gasteiger partial charge is 0.382 e. The third-order valence-corrected chi connectivity index (χ3v) is 3.78. The molecule has 0 saturated heterocycles. The van der Waals surface area contributed by atoms with E-state index in [0.29, 0.717) is 19.6 Å². The molecule has 1 N–H and O–H groups in total. The highest BCUT2D eigenvalue weighted by Gasteiger charge is 2.02. The molecular formula is C16H26O4S. The third kappa shape index (κ3) is 10.2. The van der Waals surface area contributed by atoms with Crippen molar-refractivity contribution in [3.8, 4) is 0 Å². The molecule has 1 rings (SSSR count). The van der Waals surface area contributed by atoms with Gasteiger partial charge in [-0.05, 0) is 50.3 Å². The summed E-state index contributed by atoms with van der Waals surface area (Å²) in [4.78, 5) is 0. The van der Waals surface area contributed by atoms with Gasteiger partial charge in [0, 0.05) is 13.2 Å². The molecule has 0 heterocycles. The van der Waals surface area contributed by atoms with Crippen LogP contribution in [0.1, 0.15) is 30.0 Å². The van der Waals surface area contributed by atoms with Gasteiger partial charge >= 0.3 is 0 Å². The summed E-state index contributed by atoms with van der Waals surface area (Å²) in [6.45, 7) is 10.8. The number of hydrogen-bond acceptors (Lipinski definition) is 3. The molecule has 0 atom stereocenters. The van der Waals surface area contributed by atoms with Crippen molar-refractivity contribution >= 4 is 10.1 Å². The summed E-state index contributed by atoms with van der Waals surface area (Å²) in [5.74, 6) is -0.215. The van der Waals surface area contributed by atoms with Crippen LogP contribution < -0.4 is 0 Å². The Morgan fingerprint density at radius 2 is 2.00 bits per heavy atom. The number of aryl methyl sites for hydroxylation is 1. The molecule has 0 aromatic heterocycles. The molecule has 0 aliphatic carbocycles. The second-order valence-corrected chi connectivity index (χ2v) is 6.26. The number of benzene rings is 1. The maximum absolute atomic E-state index is 10.1. The molecule has 0 bridgehead atoms. The summed E-state index contributed by atoms with van der Waals surface area (Å²) in [5, 5.41) is 0. The van der Waals surface area contributed by atoms with E-state index < -0.39 is 10.1 Å². The van der Waals surface area contributed by atoms with Crippen molar-refractivity contribution in [3.63, 3.8) is 0 Å². The molecule has 1 aromatic carbocycles. The number of allylic oxidation sites excluding steroid dienone is 1. The highest BCUT2D eigenvalue weighted by molar-refractivity contribution is 7.85. The SMILES string of the molecule is C=CCc1cccc(C)c1C.CCOCCCS(=O)(=O)O. The minimum Gasteiger partial charge on any atom is -0.382 e. The molecule has 5 heteroatoms. The van der Waals surface area contributed by atoms with Crippen molar-refractivity contribution in [2.24, 2.45) is 0 Å². The predicted octanol–water partition coefficient (Wildman–Crippen LogP) is 3.33. The summed E-state index contributed by atoms with van der Waals surface area (Å²) >= 11 is 0. The van der Waals surface area contributed by atoms with Gasteiger partial charge < -0.3 is 4.74 Å². The van der Waals surface area contributed by atoms with Gasteiger partial charge in [0.15, 0.2) is 0 Å². The van der Waals surface area contributed by atoms with E-state index in [-0.39, 0.29) is 5.75 Å². The molecular weight excluding hydrogens is 288 g/mol. The van der Waals surface area contributed by atoms with Crippen molar-refractivity contribution in [2.45, 2.75) is 33.6 Å². The summed E-state index contributed by atoms with van der Waals surface area (Å²) in [6.07, 6.45) is 3.28. The van der Waals surface area contributed by atoms with E-state index in [1.54, 1.807) is 0 Å². The van der Waals surface area contributed by atoms with Crippen molar-refractivity contribution in [1.29, 1.82) is 0 Å². The van der Waals surface area contributed by atoms with Crippen molar-refractivity contribution in [1.82, 2.24) is 0 Å². The maximum Gasteiger partial charge on any atom is 0.264 e. The van der Waals surface area contributed by atoms with Crippen LogP contribution in [0, 0.1) is 13.8 Å². The first-order valence-corrected chi connectivity index (χ1v) is 8.61. The zero-order valence-corrected chi connectivity index (χ0v) is 13.9. The van der Waals surface area contributed by atoms with Gasteiger partial charge in [-0.2, -0.15) is 8.42 Å². The molecule has 21 heavy (non-hydrogen) atoms. The Hall–Kier alpha value is -1.17. The molecule has 1 aromatic rings. The molecule has 0 fully saturated rings. The van der Waals surface area contributed by atoms with E-state index in [1.807, 2.05) is 13.0 Å². The minimum atomic E-state index is -3.78. The van der Waals surface area contributed by atoms with E-state index in [0.717, 1.165) is 6.42 Å². The van der Waals surface area contributed by atoms with E-state index in [4.69, 9.17) is 9.29 Å². The van der Waals surface area contributed by atoms with E-state index in [9.17, 15) is 8.42 Å². The van der Waals surface area contributed by atoms with Crippen LogP contribution in [-0.4, -0.2) is 31.9 Å². The second-order valence-electron chi connectivity index (χ2n) is 4.69. The van der Waals surface area contributed by atoms with Crippen LogP contribution in [-0.2, 0) is 21.3 Å². The highest BCUT2D eigenvalue weighted by Crippen LogP contribution is 2.12. The van der Waals surface area contributed by atoms with Crippen molar-refractivity contribution in [2.75, 3.05) is 19.0 Å². The minimum absolute atomic E-state index is 0.215. The Morgan fingerprint density at radius 1 is 1.33 bits per heavy atom. The van der Waals surface area contributed by atoms with E-state index in [2.05, 4.69) is 38.6 Å². The number of ether oxygens (including phenoxy) is 1. The van der Waals surface area contributed by atoms with Gasteiger partial charge in [-0.15, -0.1) is 6.58 Å². The van der Waals surface area contributed by atoms with Crippen molar-refractivity contribution < 1.29 is 17.7 Å². The van der Waals surface area contributed by atoms with Crippen LogP contribution >= 0.6 is 0 Å². The van der Waals surface area contributed by atoms with E-state index in [1.165, 1.54) is 16.7 Å². The van der Waals surface area contributed by atoms with E-state index >= 15 is 0 Å². The standard InChI is InChI=1S/C11H14.C5H12O4S/c1-4-6-11-8-5-7-9(2)10(11)3;1-2-9-4-3-5-10(6,7)8/h4-5,7-8H,1,6H2,2-3H3;2-5H2,1H3,(H,6,7,8). The predicted molar refractivity (Wildman–Crippen MR) is 87.3 cm³/mol. The molecule has 0 spiro atoms. The quantitative estimate of drug-likeness (QED) is 0.476. The molecule has 0 amide bonds. The molecule has 0 unspecified atom stereocenters. The van der Waals surface area contributed by atoms with Crippen LogP contribution in [0.2, 0.25) is 0 Å². The normalized spacial score (nSPS) is 10.7. The van der Waals surface area contributed by atoms with Gasteiger partial charge in [0.2, 0.25) is 0 Å². The molecule has 120 valence electrons. The Balaban J connectivity index is 0.000000384. The lowest BCUT2D eigenvalue weighted by Crippen LogP contribution is -2.06. The number of rotatable bonds is 7. The van der Waals surface area contributed by atoms with Crippen LogP contribution in [0.15, 0.2) is 30.9 Å². The molecule has 0 radical (unpaired) electrons. The van der Waals surface area contributed by atoms with Gasteiger partial charge in [-0.1, -0.05) is 24.3 Å². The Bertz CT molecular complexity index is 521. The highest BCUT2D eigenvalue weighted by atomic mass is 32.2. The lowest BCUT2D eigenvalue weighted by molar-refractivity contribution is 0.148. The fraction of sp³-hybridized carbons (Fsp3) is 0.500. The molecule has 4 nitrogen and oxygen atoms in total. The third-order valence-electron chi connectivity index (χ3n) is 2.98. The zero-order chi connectivity index (χ0) is 16.3. The lowest BCUT2D eigenvalue weighted by atomic mass is 10.0. The molecule has 0 saturated carbocycles. The Labute approximate surface area is 128 Å². The first-order chi connectivity index (χ1) is 9.81. The van der Waals surface area contributed by atoms with Crippen LogP contribution in [0.4, 0.5) is 0 Å². The van der Waals surface area contributed by atoms with Crippen molar-refractivity contribution in [3.05, 3.63) is 47.5 Å². The fourth-order valence-electron chi connectivity index (χ4n) is 1.68. The van der Waals surface area contributed by atoms with Gasteiger partial charge in [-0.25, -0.2) is 0 Å². The van der Waals surface area contributed by atoms with Gasteiger partial charge in [0.25, 0.3) is 10.1 Å². The average molecular weight is 314 g/mol. The second kappa shape index (κ2) is 10.5. The summed E-state index contributed by atoms with van der Waals surface area (Å²) in [5.41, 5.74) is 4.15. The summed E-state index contributed by atoms with van der Waals surface area (Å²) < 4.78 is 33.3. The molecule has 0 aliphatic rings. The van der Waals surface area contributed by atoms with Crippen LogP contribution in [0.3, 0.4) is 0 Å². The van der Waals surface area contributed by atoms with Gasteiger partial charge in [-0.3, -0.25) is 4.55 Å². The van der Waals surface area contributed by atoms with Crippen LogP contribution in [0.5, 0.6) is 0 Å². The lowest BCUT2D eigenvalue weighted by Gasteiger charge is -2.04. The fourth-order valence-corrected chi connectivity index (χ4v) is 2.16. The first-order valence-electron chi connectivity index (χ1n) is 7.00. The Kier molecular flexibility index (Phi) is 9.95. The van der Waals surface area contributed by atoms with Gasteiger partial charge in [0.05, 0.1) is 5.75 Å². The Morgan fingerprint density at radius 3 is 2.52 bits per heavy atom. The summed E-state index contributed by atoms with van der Waals surface area (Å²) in [6, 6.07) is 6.40. The summed E-state index contributed by atoms with van der Waals surface area (Å²) in [7, 11) is -3.78.